The molecule has 2 aliphatic heterocycles. The van der Waals surface area contributed by atoms with E-state index in [4.69, 9.17) is 27.8 Å². The van der Waals surface area contributed by atoms with E-state index in [0.717, 1.165) is 10.1 Å². The Labute approximate surface area is 268 Å². The van der Waals surface area contributed by atoms with E-state index in [1.165, 1.54) is 17.3 Å². The van der Waals surface area contributed by atoms with Crippen LogP contribution in [-0.2, 0) is 39.2 Å². The van der Waals surface area contributed by atoms with Crippen molar-refractivity contribution in [3.05, 3.63) is 66.9 Å². The zero-order valence-corrected chi connectivity index (χ0v) is 28.2. The first-order valence-electron chi connectivity index (χ1n) is 14.2. The number of para-hydroxylation sites is 1. The molecule has 0 bridgehead atoms. The minimum absolute atomic E-state index is 0.0100. The number of aromatic nitrogens is 2. The maximum absolute atomic E-state index is 13.4. The Hall–Kier alpha value is -3.23. The van der Waals surface area contributed by atoms with Crippen LogP contribution in [0.25, 0.3) is 6.08 Å². The number of rotatable bonds is 9. The van der Waals surface area contributed by atoms with Gasteiger partial charge in [0.05, 0.1) is 18.8 Å². The van der Waals surface area contributed by atoms with Crippen molar-refractivity contribution in [1.82, 2.24) is 14.9 Å². The molecule has 0 spiro atoms. The number of aryl methyl sites for hydroxylation is 1. The van der Waals surface area contributed by atoms with Gasteiger partial charge >= 0.3 is 25.6 Å². The number of halogens is 1. The number of amides is 1. The Morgan fingerprint density at radius 3 is 2.67 bits per heavy atom. The van der Waals surface area contributed by atoms with Crippen LogP contribution < -0.4 is 21.1 Å². The predicted molar refractivity (Wildman–Crippen MR) is 166 cm³/mol. The molecule has 1 aromatic carbocycles. The van der Waals surface area contributed by atoms with Crippen molar-refractivity contribution in [2.45, 2.75) is 84.6 Å². The standard InChI is InChI=1S/C29H37BrN3O11P/c1-16(2)23(31-28(37)43-29(4,5)6)26(35)42-20-12-22(33-13-18(10-11-30)25(34)32-27(33)36)41-21(20)15-40-45(38)39-14-19-9-7-8-17(3)24(19)44-45/h7-11,13,16,20-23H,12,14-15H2,1-6H3,(H,31,37)(H,32,34,36)/b11-10+/t20-,21+,22+,23+,45?/m0/s1. The fraction of sp³-hybridized carbons (Fsp3) is 0.517. The summed E-state index contributed by atoms with van der Waals surface area (Å²) >= 11 is 3.11. The van der Waals surface area contributed by atoms with Crippen molar-refractivity contribution in [3.8, 4) is 5.75 Å². The lowest BCUT2D eigenvalue weighted by molar-refractivity contribution is -0.156. The number of fused-ring (bicyclic) bond motifs is 1. The number of H-pyrrole nitrogens is 1. The summed E-state index contributed by atoms with van der Waals surface area (Å²) in [6, 6.07) is 4.31. The number of aromatic amines is 1. The largest absolute Gasteiger partial charge is 0.530 e. The van der Waals surface area contributed by atoms with Gasteiger partial charge in [0, 0.05) is 18.2 Å². The van der Waals surface area contributed by atoms with Crippen molar-refractivity contribution in [2.75, 3.05) is 6.61 Å². The summed E-state index contributed by atoms with van der Waals surface area (Å²) in [4.78, 5) is 54.6. The van der Waals surface area contributed by atoms with E-state index in [2.05, 4.69) is 26.2 Å². The van der Waals surface area contributed by atoms with Gasteiger partial charge in [-0.25, -0.2) is 18.9 Å². The minimum atomic E-state index is -4.11. The predicted octanol–water partition coefficient (Wildman–Crippen LogP) is 4.69. The Morgan fingerprint density at radius 1 is 1.27 bits per heavy atom. The van der Waals surface area contributed by atoms with Gasteiger partial charge < -0.3 is 24.1 Å². The monoisotopic (exact) mass is 713 g/mol. The van der Waals surface area contributed by atoms with Gasteiger partial charge in [-0.1, -0.05) is 48.0 Å². The number of benzene rings is 1. The van der Waals surface area contributed by atoms with Crippen LogP contribution in [0.1, 0.15) is 64.0 Å². The molecule has 2 aromatic rings. The Morgan fingerprint density at radius 2 is 2.00 bits per heavy atom. The molecule has 2 aliphatic rings. The van der Waals surface area contributed by atoms with Gasteiger partial charge in [0.25, 0.3) is 5.56 Å². The number of ether oxygens (including phenoxy) is 3. The van der Waals surface area contributed by atoms with E-state index in [1.807, 2.05) is 6.07 Å². The Balaban J connectivity index is 1.57. The van der Waals surface area contributed by atoms with Crippen molar-refractivity contribution in [2.24, 2.45) is 5.92 Å². The van der Waals surface area contributed by atoms with Crippen LogP contribution in [0, 0.1) is 12.8 Å². The number of nitrogens with one attached hydrogen (secondary N) is 2. The molecule has 2 N–H and O–H groups in total. The number of phosphoric ester groups is 1. The molecule has 16 heteroatoms. The van der Waals surface area contributed by atoms with E-state index in [1.54, 1.807) is 53.7 Å². The highest BCUT2D eigenvalue weighted by Gasteiger charge is 2.44. The van der Waals surface area contributed by atoms with Gasteiger partial charge in [-0.05, 0) is 50.2 Å². The molecule has 3 heterocycles. The Bertz CT molecular complexity index is 1610. The number of esters is 1. The number of hydrogen-bond acceptors (Lipinski definition) is 11. The summed E-state index contributed by atoms with van der Waals surface area (Å²) < 4.78 is 48.5. The lowest BCUT2D eigenvalue weighted by Crippen LogP contribution is -2.48. The molecule has 1 saturated heterocycles. The highest BCUT2D eigenvalue weighted by molar-refractivity contribution is 9.11. The molecule has 0 radical (unpaired) electrons. The van der Waals surface area contributed by atoms with Gasteiger partial charge in [-0.3, -0.25) is 23.4 Å². The van der Waals surface area contributed by atoms with Crippen LogP contribution in [0.2, 0.25) is 0 Å². The zero-order valence-electron chi connectivity index (χ0n) is 25.7. The quantitative estimate of drug-likeness (QED) is 0.273. The molecule has 1 unspecified atom stereocenters. The maximum Gasteiger partial charge on any atom is 0.530 e. The van der Waals surface area contributed by atoms with Gasteiger partial charge in [0.2, 0.25) is 0 Å². The maximum atomic E-state index is 13.4. The van der Waals surface area contributed by atoms with Crippen molar-refractivity contribution < 1.29 is 41.9 Å². The normalized spacial score (nSPS) is 23.8. The van der Waals surface area contributed by atoms with Crippen LogP contribution in [0.3, 0.4) is 0 Å². The summed E-state index contributed by atoms with van der Waals surface area (Å²) in [6.45, 7) is 9.90. The first-order chi connectivity index (χ1) is 21.1. The second-order valence-corrected chi connectivity index (χ2v) is 14.0. The van der Waals surface area contributed by atoms with Gasteiger partial charge in [-0.2, -0.15) is 0 Å². The number of carbonyl (C=O) groups excluding carboxylic acids is 2. The molecule has 1 aromatic heterocycles. The molecular weight excluding hydrogens is 677 g/mol. The van der Waals surface area contributed by atoms with Crippen LogP contribution >= 0.6 is 23.8 Å². The van der Waals surface area contributed by atoms with Crippen LogP contribution in [0.4, 0.5) is 4.79 Å². The topological polar surface area (TPSA) is 173 Å². The van der Waals surface area contributed by atoms with E-state index in [9.17, 15) is 23.7 Å². The highest BCUT2D eigenvalue weighted by Crippen LogP contribution is 2.55. The average molecular weight is 715 g/mol. The second-order valence-electron chi connectivity index (χ2n) is 11.9. The van der Waals surface area contributed by atoms with E-state index in [0.29, 0.717) is 11.3 Å². The fourth-order valence-corrected chi connectivity index (χ4v) is 6.25. The summed E-state index contributed by atoms with van der Waals surface area (Å²) in [7, 11) is -4.11. The third kappa shape index (κ3) is 8.73. The molecule has 0 saturated carbocycles. The van der Waals surface area contributed by atoms with Crippen LogP contribution in [-0.4, -0.2) is 52.1 Å². The number of carbonyl (C=O) groups is 2. The highest BCUT2D eigenvalue weighted by atomic mass is 79.9. The average Bonchev–Trinajstić information content (AvgIpc) is 3.33. The third-order valence-corrected chi connectivity index (χ3v) is 8.44. The number of alkyl carbamates (subject to hydrolysis) is 1. The van der Waals surface area contributed by atoms with Crippen LogP contribution in [0.5, 0.6) is 5.75 Å². The minimum Gasteiger partial charge on any atom is -0.458 e. The van der Waals surface area contributed by atoms with Gasteiger partial charge in [0.1, 0.15) is 35.8 Å². The molecule has 246 valence electrons. The molecular formula is C29H37BrN3O11P. The smallest absolute Gasteiger partial charge is 0.458 e. The molecule has 0 aliphatic carbocycles. The van der Waals surface area contributed by atoms with Crippen LogP contribution in [0.15, 0.2) is 39.0 Å². The van der Waals surface area contributed by atoms with Gasteiger partial charge in [0.15, 0.2) is 0 Å². The molecule has 45 heavy (non-hydrogen) atoms. The lowest BCUT2D eigenvalue weighted by atomic mass is 10.0. The summed E-state index contributed by atoms with van der Waals surface area (Å²) in [5, 5.41) is 2.55. The van der Waals surface area contributed by atoms with E-state index < -0.39 is 67.8 Å². The zero-order chi connectivity index (χ0) is 33.1. The molecule has 5 atom stereocenters. The van der Waals surface area contributed by atoms with E-state index >= 15 is 0 Å². The molecule has 1 fully saturated rings. The fourth-order valence-electron chi connectivity index (χ4n) is 4.67. The van der Waals surface area contributed by atoms with Crippen molar-refractivity contribution in [1.29, 1.82) is 0 Å². The first kappa shape index (κ1) is 34.6. The van der Waals surface area contributed by atoms with Crippen molar-refractivity contribution in [3.63, 3.8) is 0 Å². The molecule has 4 rings (SSSR count). The number of hydrogen-bond donors (Lipinski definition) is 2. The number of nitrogens with zero attached hydrogens (tertiary/aromatic N) is 1. The van der Waals surface area contributed by atoms with Crippen molar-refractivity contribution >= 4 is 41.9 Å². The number of phosphoric acid groups is 1. The Kier molecular flexibility index (Phi) is 10.8. The SMILES string of the molecule is Cc1cccc2c1OP(=O)(OC[C@H]1O[C@@H](n3cc(/C=C/Br)c(=O)[nH]c3=O)C[C@@H]1OC(=O)[C@H](NC(=O)OC(C)(C)C)C(C)C)OC2. The summed E-state index contributed by atoms with van der Waals surface area (Å²) in [5.41, 5.74) is -0.553. The summed E-state index contributed by atoms with van der Waals surface area (Å²) in [5.74, 6) is -0.782. The lowest BCUT2D eigenvalue weighted by Gasteiger charge is -2.28. The first-order valence-corrected chi connectivity index (χ1v) is 16.6. The molecule has 1 amide bonds. The van der Waals surface area contributed by atoms with Gasteiger partial charge in [-0.15, -0.1) is 0 Å². The second kappa shape index (κ2) is 14.0. The third-order valence-electron chi connectivity index (χ3n) is 6.86. The van der Waals surface area contributed by atoms with E-state index in [-0.39, 0.29) is 24.5 Å². The summed E-state index contributed by atoms with van der Waals surface area (Å²) in [6.07, 6.45) is -1.21. The molecule has 14 nitrogen and oxygen atoms in total.